The van der Waals surface area contributed by atoms with E-state index in [1.165, 1.54) is 64.7 Å². The fourth-order valence-electron chi connectivity index (χ4n) is 3.65. The van der Waals surface area contributed by atoms with E-state index in [0.717, 1.165) is 6.04 Å². The number of hydrogen-bond donors (Lipinski definition) is 1. The summed E-state index contributed by atoms with van der Waals surface area (Å²) in [6.07, 6.45) is 13.5. The highest BCUT2D eigenvalue weighted by atomic mass is 15.2. The van der Waals surface area contributed by atoms with Gasteiger partial charge in [-0.05, 0) is 70.1 Å². The Hall–Kier alpha value is -0.340. The summed E-state index contributed by atoms with van der Waals surface area (Å²) in [6, 6.07) is 0.767. The Bertz CT molecular complexity index is 260. The highest BCUT2D eigenvalue weighted by molar-refractivity contribution is 5.11. The lowest BCUT2D eigenvalue weighted by Crippen LogP contribution is -2.40. The van der Waals surface area contributed by atoms with Crippen LogP contribution in [0.15, 0.2) is 12.2 Å². The van der Waals surface area contributed by atoms with Crippen LogP contribution in [0.2, 0.25) is 0 Å². The third-order valence-electron chi connectivity index (χ3n) is 4.82. The number of nitrogens with zero attached hydrogens (tertiary/aromatic N) is 1. The number of hydrogen-bond acceptors (Lipinski definition) is 2. The number of allylic oxidation sites excluding steroid dienone is 1. The Morgan fingerprint density at radius 2 is 1.81 bits per heavy atom. The van der Waals surface area contributed by atoms with Crippen molar-refractivity contribution in [3.05, 3.63) is 12.2 Å². The Balaban J connectivity index is 1.64. The summed E-state index contributed by atoms with van der Waals surface area (Å²) < 4.78 is 0. The van der Waals surface area contributed by atoms with Crippen molar-refractivity contribution in [2.24, 2.45) is 5.41 Å². The number of nitrogens with one attached hydrogen (secondary N) is 1. The number of likely N-dealkylation sites (tertiary alicyclic amines) is 1. The number of piperidine rings is 1. The molecule has 3 rings (SSSR count). The lowest BCUT2D eigenvalue weighted by Gasteiger charge is -2.40. The molecule has 1 N–H and O–H groups in total. The zero-order valence-electron chi connectivity index (χ0n) is 10.3. The normalized spacial score (nSPS) is 34.6. The van der Waals surface area contributed by atoms with Crippen molar-refractivity contribution in [2.75, 3.05) is 26.2 Å². The van der Waals surface area contributed by atoms with Crippen LogP contribution < -0.4 is 5.32 Å². The Morgan fingerprint density at radius 1 is 1.06 bits per heavy atom. The predicted octanol–water partition coefficient (Wildman–Crippen LogP) is 2.17. The Kier molecular flexibility index (Phi) is 3.03. The minimum atomic E-state index is 0.571. The van der Waals surface area contributed by atoms with E-state index >= 15 is 0 Å². The molecule has 90 valence electrons. The molecule has 2 heteroatoms. The smallest absolute Gasteiger partial charge is 0.0278 e. The van der Waals surface area contributed by atoms with Crippen LogP contribution in [0.1, 0.15) is 38.5 Å². The molecule has 0 aromatic carbocycles. The van der Waals surface area contributed by atoms with E-state index in [2.05, 4.69) is 22.4 Å². The standard InChI is InChI=1S/C14H24N2/c1-2-12-16(11-1)13-3-5-14(6-4-13)7-9-15-10-8-14/h3,5,13,15H,1-2,4,6-12H2/t13-/m0/s1. The molecular weight excluding hydrogens is 196 g/mol. The molecule has 0 radical (unpaired) electrons. The Morgan fingerprint density at radius 3 is 2.44 bits per heavy atom. The van der Waals surface area contributed by atoms with E-state index in [4.69, 9.17) is 0 Å². The average Bonchev–Trinajstić information content (AvgIpc) is 2.85. The fraction of sp³-hybridized carbons (Fsp3) is 0.857. The molecular formula is C14H24N2. The van der Waals surface area contributed by atoms with Gasteiger partial charge >= 0.3 is 0 Å². The maximum absolute atomic E-state index is 3.48. The van der Waals surface area contributed by atoms with Gasteiger partial charge in [-0.3, -0.25) is 4.90 Å². The van der Waals surface area contributed by atoms with Gasteiger partial charge in [-0.15, -0.1) is 0 Å². The number of rotatable bonds is 1. The van der Waals surface area contributed by atoms with Gasteiger partial charge < -0.3 is 5.32 Å². The molecule has 2 heterocycles. The first-order valence-electron chi connectivity index (χ1n) is 7.02. The van der Waals surface area contributed by atoms with Crippen molar-refractivity contribution in [1.29, 1.82) is 0 Å². The van der Waals surface area contributed by atoms with Crippen LogP contribution >= 0.6 is 0 Å². The van der Waals surface area contributed by atoms with Crippen LogP contribution in [0, 0.1) is 5.41 Å². The molecule has 2 nitrogen and oxygen atoms in total. The predicted molar refractivity (Wildman–Crippen MR) is 67.5 cm³/mol. The summed E-state index contributed by atoms with van der Waals surface area (Å²) in [6.45, 7) is 5.12. The lowest BCUT2D eigenvalue weighted by atomic mass is 9.71. The van der Waals surface area contributed by atoms with E-state index in [1.54, 1.807) is 0 Å². The first kappa shape index (κ1) is 10.8. The van der Waals surface area contributed by atoms with Crippen LogP contribution in [0.4, 0.5) is 0 Å². The monoisotopic (exact) mass is 220 g/mol. The molecule has 0 amide bonds. The molecule has 0 bridgehead atoms. The molecule has 2 aliphatic heterocycles. The topological polar surface area (TPSA) is 15.3 Å². The van der Waals surface area contributed by atoms with E-state index < -0.39 is 0 Å². The van der Waals surface area contributed by atoms with E-state index in [-0.39, 0.29) is 0 Å². The first-order valence-corrected chi connectivity index (χ1v) is 7.02. The summed E-state index contributed by atoms with van der Waals surface area (Å²) in [4.78, 5) is 2.68. The van der Waals surface area contributed by atoms with E-state index in [1.807, 2.05) is 0 Å². The maximum atomic E-state index is 3.48. The van der Waals surface area contributed by atoms with Crippen LogP contribution in [0.5, 0.6) is 0 Å². The second kappa shape index (κ2) is 4.50. The van der Waals surface area contributed by atoms with Crippen molar-refractivity contribution in [2.45, 2.75) is 44.6 Å². The van der Waals surface area contributed by atoms with Gasteiger partial charge in [0.1, 0.15) is 0 Å². The van der Waals surface area contributed by atoms with Crippen molar-refractivity contribution < 1.29 is 0 Å². The van der Waals surface area contributed by atoms with Gasteiger partial charge in [0.15, 0.2) is 0 Å². The van der Waals surface area contributed by atoms with Crippen LogP contribution in [-0.2, 0) is 0 Å². The summed E-state index contributed by atoms with van der Waals surface area (Å²) >= 11 is 0. The quantitative estimate of drug-likeness (QED) is 0.681. The van der Waals surface area contributed by atoms with Crippen molar-refractivity contribution in [1.82, 2.24) is 10.2 Å². The summed E-state index contributed by atoms with van der Waals surface area (Å²) in [5.74, 6) is 0. The van der Waals surface area contributed by atoms with Gasteiger partial charge in [-0.2, -0.15) is 0 Å². The van der Waals surface area contributed by atoms with Gasteiger partial charge in [-0.25, -0.2) is 0 Å². The molecule has 0 aromatic rings. The second-order valence-electron chi connectivity index (χ2n) is 5.82. The molecule has 1 spiro atoms. The minimum absolute atomic E-state index is 0.571. The zero-order chi connectivity index (χ0) is 10.8. The average molecular weight is 220 g/mol. The van der Waals surface area contributed by atoms with Gasteiger partial charge in [0, 0.05) is 6.04 Å². The van der Waals surface area contributed by atoms with Crippen LogP contribution in [0.3, 0.4) is 0 Å². The van der Waals surface area contributed by atoms with Crippen LogP contribution in [0.25, 0.3) is 0 Å². The molecule has 3 aliphatic rings. The van der Waals surface area contributed by atoms with Crippen molar-refractivity contribution in [3.63, 3.8) is 0 Å². The van der Waals surface area contributed by atoms with Crippen molar-refractivity contribution >= 4 is 0 Å². The van der Waals surface area contributed by atoms with Crippen molar-refractivity contribution in [3.8, 4) is 0 Å². The first-order chi connectivity index (χ1) is 7.88. The minimum Gasteiger partial charge on any atom is -0.317 e. The highest BCUT2D eigenvalue weighted by Gasteiger charge is 2.34. The van der Waals surface area contributed by atoms with Crippen LogP contribution in [-0.4, -0.2) is 37.1 Å². The summed E-state index contributed by atoms with van der Waals surface area (Å²) in [5, 5.41) is 3.48. The lowest BCUT2D eigenvalue weighted by molar-refractivity contribution is 0.185. The van der Waals surface area contributed by atoms with Gasteiger partial charge in [0.2, 0.25) is 0 Å². The maximum Gasteiger partial charge on any atom is 0.0278 e. The Labute approximate surface area is 99.1 Å². The molecule has 1 atom stereocenters. The highest BCUT2D eigenvalue weighted by Crippen LogP contribution is 2.40. The largest absolute Gasteiger partial charge is 0.317 e. The van der Waals surface area contributed by atoms with Gasteiger partial charge in [-0.1, -0.05) is 12.2 Å². The zero-order valence-corrected chi connectivity index (χ0v) is 10.3. The third-order valence-corrected chi connectivity index (χ3v) is 4.82. The molecule has 0 unspecified atom stereocenters. The van der Waals surface area contributed by atoms with E-state index in [0.29, 0.717) is 5.41 Å². The SMILES string of the molecule is C1=CC2(CCNCC2)CC[C@H]1N1CCCC1. The second-order valence-corrected chi connectivity index (χ2v) is 5.82. The summed E-state index contributed by atoms with van der Waals surface area (Å²) in [7, 11) is 0. The molecule has 2 saturated heterocycles. The van der Waals surface area contributed by atoms with E-state index in [9.17, 15) is 0 Å². The van der Waals surface area contributed by atoms with Gasteiger partial charge in [0.25, 0.3) is 0 Å². The molecule has 1 aliphatic carbocycles. The molecule has 0 aromatic heterocycles. The molecule has 0 saturated carbocycles. The third kappa shape index (κ3) is 2.05. The fourth-order valence-corrected chi connectivity index (χ4v) is 3.65. The molecule has 16 heavy (non-hydrogen) atoms. The molecule has 2 fully saturated rings. The van der Waals surface area contributed by atoms with Gasteiger partial charge in [0.05, 0.1) is 0 Å². The summed E-state index contributed by atoms with van der Waals surface area (Å²) in [5.41, 5.74) is 0.571.